The van der Waals surface area contributed by atoms with Gasteiger partial charge < -0.3 is 5.32 Å². The van der Waals surface area contributed by atoms with Gasteiger partial charge in [0.05, 0.1) is 10.5 Å². The second-order valence-electron chi connectivity index (χ2n) is 3.77. The number of likely N-dealkylation sites (N-methyl/N-ethyl adjacent to an activating group) is 1. The van der Waals surface area contributed by atoms with E-state index < -0.39 is 21.8 Å². The zero-order valence-electron chi connectivity index (χ0n) is 10.3. The fourth-order valence-electron chi connectivity index (χ4n) is 1.36. The largest absolute Gasteiger partial charge is 0.416 e. The summed E-state index contributed by atoms with van der Waals surface area (Å²) in [6, 6.07) is 3.38. The fraction of sp³-hybridized carbons (Fsp3) is 0.455. The number of benzene rings is 1. The van der Waals surface area contributed by atoms with Crippen LogP contribution in [0.15, 0.2) is 29.2 Å². The zero-order chi connectivity index (χ0) is 14.5. The molecule has 4 nitrogen and oxygen atoms in total. The molecule has 1 aromatic rings. The normalized spacial score (nSPS) is 12.6. The summed E-state index contributed by atoms with van der Waals surface area (Å²) in [7, 11) is -3.76. The van der Waals surface area contributed by atoms with E-state index in [0.29, 0.717) is 13.1 Å². The molecular formula is C11H15F3N2O2S. The highest BCUT2D eigenvalue weighted by Crippen LogP contribution is 2.29. The van der Waals surface area contributed by atoms with Crippen LogP contribution in [0.4, 0.5) is 13.2 Å². The van der Waals surface area contributed by atoms with Gasteiger partial charge in [0.15, 0.2) is 0 Å². The van der Waals surface area contributed by atoms with E-state index in [2.05, 4.69) is 10.0 Å². The minimum Gasteiger partial charge on any atom is -0.316 e. The summed E-state index contributed by atoms with van der Waals surface area (Å²) in [6.45, 7) is 3.22. The Morgan fingerprint density at radius 2 is 1.68 bits per heavy atom. The van der Waals surface area contributed by atoms with Crippen molar-refractivity contribution in [2.45, 2.75) is 18.0 Å². The molecule has 8 heteroatoms. The highest BCUT2D eigenvalue weighted by molar-refractivity contribution is 7.89. The number of alkyl halides is 3. The number of rotatable bonds is 6. The second-order valence-corrected chi connectivity index (χ2v) is 5.54. The molecule has 1 rings (SSSR count). The number of sulfonamides is 1. The lowest BCUT2D eigenvalue weighted by Gasteiger charge is -2.09. The average molecular weight is 296 g/mol. The van der Waals surface area contributed by atoms with Crippen LogP contribution in [-0.2, 0) is 16.2 Å². The molecular weight excluding hydrogens is 281 g/mol. The Bertz CT molecular complexity index is 498. The van der Waals surface area contributed by atoms with Crippen LogP contribution < -0.4 is 10.0 Å². The van der Waals surface area contributed by atoms with Crippen LogP contribution in [0.5, 0.6) is 0 Å². The summed E-state index contributed by atoms with van der Waals surface area (Å²) in [5, 5.41) is 2.93. The van der Waals surface area contributed by atoms with E-state index >= 15 is 0 Å². The molecule has 0 aromatic heterocycles. The first-order chi connectivity index (χ1) is 8.77. The molecule has 0 heterocycles. The third kappa shape index (κ3) is 4.81. The summed E-state index contributed by atoms with van der Waals surface area (Å²) in [4.78, 5) is -0.183. The van der Waals surface area contributed by atoms with Gasteiger partial charge in [0.25, 0.3) is 0 Å². The van der Waals surface area contributed by atoms with E-state index in [4.69, 9.17) is 0 Å². The number of halogens is 3. The van der Waals surface area contributed by atoms with Crippen molar-refractivity contribution in [3.05, 3.63) is 29.8 Å². The van der Waals surface area contributed by atoms with Crippen molar-refractivity contribution in [2.24, 2.45) is 0 Å². The van der Waals surface area contributed by atoms with Crippen LogP contribution in [0, 0.1) is 0 Å². The van der Waals surface area contributed by atoms with Crippen LogP contribution in [-0.4, -0.2) is 28.1 Å². The average Bonchev–Trinajstić information content (AvgIpc) is 2.34. The van der Waals surface area contributed by atoms with Crippen LogP contribution in [0.25, 0.3) is 0 Å². The van der Waals surface area contributed by atoms with Gasteiger partial charge in [-0.3, -0.25) is 0 Å². The first kappa shape index (κ1) is 15.9. The number of hydrogen-bond acceptors (Lipinski definition) is 3. The highest BCUT2D eigenvalue weighted by Gasteiger charge is 2.30. The molecule has 0 spiro atoms. The summed E-state index contributed by atoms with van der Waals surface area (Å²) in [6.07, 6.45) is -4.47. The molecule has 0 amide bonds. The molecule has 1 aromatic carbocycles. The van der Waals surface area contributed by atoms with Crippen LogP contribution in [0.1, 0.15) is 12.5 Å². The third-order valence-electron chi connectivity index (χ3n) is 2.34. The molecule has 0 fully saturated rings. The lowest BCUT2D eigenvalue weighted by atomic mass is 10.2. The third-order valence-corrected chi connectivity index (χ3v) is 3.81. The van der Waals surface area contributed by atoms with Gasteiger partial charge in [0.1, 0.15) is 0 Å². The molecule has 0 aliphatic rings. The molecule has 108 valence electrons. The summed E-state index contributed by atoms with van der Waals surface area (Å²) in [5.41, 5.74) is -0.876. The van der Waals surface area contributed by atoms with Crippen molar-refractivity contribution in [3.63, 3.8) is 0 Å². The van der Waals surface area contributed by atoms with Crippen molar-refractivity contribution in [3.8, 4) is 0 Å². The Labute approximate surface area is 110 Å². The predicted octanol–water partition coefficient (Wildman–Crippen LogP) is 1.59. The molecule has 0 atom stereocenters. The maximum Gasteiger partial charge on any atom is 0.416 e. The smallest absolute Gasteiger partial charge is 0.316 e. The van der Waals surface area contributed by atoms with E-state index in [1.165, 1.54) is 0 Å². The Balaban J connectivity index is 2.74. The second kappa shape index (κ2) is 6.36. The molecule has 0 unspecified atom stereocenters. The van der Waals surface area contributed by atoms with Gasteiger partial charge in [0, 0.05) is 13.1 Å². The lowest BCUT2D eigenvalue weighted by Crippen LogP contribution is -2.31. The van der Waals surface area contributed by atoms with E-state index in [9.17, 15) is 21.6 Å². The molecule has 0 saturated heterocycles. The molecule has 0 bridgehead atoms. The van der Waals surface area contributed by atoms with Gasteiger partial charge >= 0.3 is 6.18 Å². The van der Waals surface area contributed by atoms with E-state index in [1.807, 2.05) is 6.92 Å². The molecule has 0 aliphatic heterocycles. The molecule has 0 saturated carbocycles. The Hall–Kier alpha value is -1.12. The quantitative estimate of drug-likeness (QED) is 0.784. The summed E-state index contributed by atoms with van der Waals surface area (Å²) < 4.78 is 62.8. The van der Waals surface area contributed by atoms with Crippen molar-refractivity contribution in [2.75, 3.05) is 19.6 Å². The van der Waals surface area contributed by atoms with Gasteiger partial charge in [-0.1, -0.05) is 6.92 Å². The monoisotopic (exact) mass is 296 g/mol. The lowest BCUT2D eigenvalue weighted by molar-refractivity contribution is -0.137. The first-order valence-corrected chi connectivity index (χ1v) is 7.13. The Kier molecular flexibility index (Phi) is 5.33. The van der Waals surface area contributed by atoms with Crippen LogP contribution >= 0.6 is 0 Å². The Morgan fingerprint density at radius 1 is 1.11 bits per heavy atom. The topological polar surface area (TPSA) is 58.2 Å². The summed E-state index contributed by atoms with van der Waals surface area (Å²) in [5.74, 6) is 0. The van der Waals surface area contributed by atoms with Gasteiger partial charge in [-0.15, -0.1) is 0 Å². The first-order valence-electron chi connectivity index (χ1n) is 5.65. The minimum absolute atomic E-state index is 0.178. The predicted molar refractivity (Wildman–Crippen MR) is 65.2 cm³/mol. The van der Waals surface area contributed by atoms with Crippen LogP contribution in [0.2, 0.25) is 0 Å². The minimum atomic E-state index is -4.47. The number of hydrogen-bond donors (Lipinski definition) is 2. The zero-order valence-corrected chi connectivity index (χ0v) is 11.1. The van der Waals surface area contributed by atoms with Crippen molar-refractivity contribution in [1.82, 2.24) is 10.0 Å². The van der Waals surface area contributed by atoms with Gasteiger partial charge in [-0.25, -0.2) is 13.1 Å². The van der Waals surface area contributed by atoms with E-state index in [-0.39, 0.29) is 11.4 Å². The van der Waals surface area contributed by atoms with Crippen molar-refractivity contribution in [1.29, 1.82) is 0 Å². The van der Waals surface area contributed by atoms with Gasteiger partial charge in [-0.05, 0) is 30.8 Å². The Morgan fingerprint density at radius 3 is 2.16 bits per heavy atom. The highest BCUT2D eigenvalue weighted by atomic mass is 32.2. The van der Waals surface area contributed by atoms with E-state index in [1.54, 1.807) is 0 Å². The SMILES string of the molecule is CCNCCNS(=O)(=O)c1ccc(C(F)(F)F)cc1. The number of nitrogens with one attached hydrogen (secondary N) is 2. The van der Waals surface area contributed by atoms with Gasteiger partial charge in [-0.2, -0.15) is 13.2 Å². The maximum absolute atomic E-state index is 12.3. The maximum atomic E-state index is 12.3. The van der Waals surface area contributed by atoms with Gasteiger partial charge in [0.2, 0.25) is 10.0 Å². The fourth-order valence-corrected chi connectivity index (χ4v) is 2.39. The van der Waals surface area contributed by atoms with E-state index in [0.717, 1.165) is 24.3 Å². The molecule has 2 N–H and O–H groups in total. The molecule has 19 heavy (non-hydrogen) atoms. The summed E-state index contributed by atoms with van der Waals surface area (Å²) >= 11 is 0. The van der Waals surface area contributed by atoms with Crippen LogP contribution in [0.3, 0.4) is 0 Å². The van der Waals surface area contributed by atoms with Crippen molar-refractivity contribution >= 4 is 10.0 Å². The molecule has 0 aliphatic carbocycles. The van der Waals surface area contributed by atoms with Crippen molar-refractivity contribution < 1.29 is 21.6 Å². The standard InChI is InChI=1S/C11H15F3N2O2S/c1-2-15-7-8-16-19(17,18)10-5-3-9(4-6-10)11(12,13)14/h3-6,15-16H,2,7-8H2,1H3. The molecule has 0 radical (unpaired) electrons.